The molecule has 136 valence electrons. The summed E-state index contributed by atoms with van der Waals surface area (Å²) in [5.74, 6) is -0.396. The maximum atomic E-state index is 12.6. The molecule has 1 amide bonds. The Labute approximate surface area is 156 Å². The van der Waals surface area contributed by atoms with E-state index in [0.717, 1.165) is 26.5 Å². The molecule has 0 aliphatic heterocycles. The van der Waals surface area contributed by atoms with Gasteiger partial charge in [0.1, 0.15) is 4.83 Å². The smallest absolute Gasteiger partial charge is 0.341 e. The summed E-state index contributed by atoms with van der Waals surface area (Å²) >= 11 is 1.51. The zero-order valence-electron chi connectivity index (χ0n) is 15.3. The second-order valence-corrected chi connectivity index (χ2v) is 7.41. The van der Waals surface area contributed by atoms with Crippen molar-refractivity contribution >= 4 is 28.0 Å². The van der Waals surface area contributed by atoms with Gasteiger partial charge in [-0.3, -0.25) is 4.79 Å². The van der Waals surface area contributed by atoms with Crippen molar-refractivity contribution in [2.75, 3.05) is 7.05 Å². The van der Waals surface area contributed by atoms with Crippen LogP contribution >= 0.6 is 11.3 Å². The molecule has 0 unspecified atom stereocenters. The number of fused-ring (bicyclic) bond motifs is 1. The number of benzene rings is 1. The van der Waals surface area contributed by atoms with Crippen molar-refractivity contribution in [1.82, 2.24) is 9.72 Å². The van der Waals surface area contributed by atoms with E-state index in [1.807, 2.05) is 61.7 Å². The molecule has 0 aliphatic rings. The summed E-state index contributed by atoms with van der Waals surface area (Å²) in [6.07, 6.45) is 1.97. The van der Waals surface area contributed by atoms with Crippen LogP contribution in [0, 0.1) is 6.92 Å². The number of esters is 1. The maximum absolute atomic E-state index is 12.6. The Hall–Kier alpha value is -2.60. The van der Waals surface area contributed by atoms with Gasteiger partial charge in [0.25, 0.3) is 0 Å². The number of hydrogen-bond acceptors (Lipinski definition) is 4. The van der Waals surface area contributed by atoms with E-state index >= 15 is 0 Å². The third kappa shape index (κ3) is 3.37. The first kappa shape index (κ1) is 18.2. The average molecular weight is 370 g/mol. The lowest BCUT2D eigenvalue weighted by molar-refractivity contribution is -0.120. The summed E-state index contributed by atoms with van der Waals surface area (Å²) in [5.41, 5.74) is 3.33. The van der Waals surface area contributed by atoms with Crippen molar-refractivity contribution in [3.8, 4) is 10.4 Å². The van der Waals surface area contributed by atoms with E-state index in [-0.39, 0.29) is 24.4 Å². The van der Waals surface area contributed by atoms with Crippen molar-refractivity contribution in [2.45, 2.75) is 33.3 Å². The number of nitrogens with one attached hydrogen (secondary N) is 1. The molecule has 6 heteroatoms. The van der Waals surface area contributed by atoms with Gasteiger partial charge < -0.3 is 14.5 Å². The van der Waals surface area contributed by atoms with E-state index in [9.17, 15) is 9.59 Å². The van der Waals surface area contributed by atoms with Gasteiger partial charge in [0.2, 0.25) is 5.91 Å². The van der Waals surface area contributed by atoms with Gasteiger partial charge in [0, 0.05) is 13.2 Å². The first-order valence-corrected chi connectivity index (χ1v) is 9.34. The van der Waals surface area contributed by atoms with Gasteiger partial charge in [-0.2, -0.15) is 0 Å². The first-order chi connectivity index (χ1) is 12.4. The van der Waals surface area contributed by atoms with Gasteiger partial charge >= 0.3 is 5.97 Å². The topological polar surface area (TPSA) is 59.8 Å². The third-order valence-electron chi connectivity index (χ3n) is 4.09. The number of ether oxygens (including phenoxy) is 1. The van der Waals surface area contributed by atoms with Gasteiger partial charge in [0.15, 0.2) is 0 Å². The van der Waals surface area contributed by atoms with E-state index < -0.39 is 0 Å². The van der Waals surface area contributed by atoms with Gasteiger partial charge in [0.05, 0.1) is 28.7 Å². The van der Waals surface area contributed by atoms with E-state index in [1.54, 1.807) is 7.05 Å². The van der Waals surface area contributed by atoms with Crippen molar-refractivity contribution < 1.29 is 14.3 Å². The van der Waals surface area contributed by atoms with E-state index in [0.29, 0.717) is 5.56 Å². The number of carbonyl (C=O) groups excluding carboxylic acids is 2. The molecule has 0 saturated heterocycles. The monoisotopic (exact) mass is 370 g/mol. The SMILES string of the molecule is CNC(=O)Cc1c(-c2ccccc2)sc2c(C(=O)OC(C)C)c(C)cn12. The minimum atomic E-state index is -0.327. The number of aryl methyl sites for hydroxylation is 1. The fraction of sp³-hybridized carbons (Fsp3) is 0.300. The lowest BCUT2D eigenvalue weighted by Crippen LogP contribution is -2.21. The Morgan fingerprint density at radius 2 is 1.92 bits per heavy atom. The van der Waals surface area contributed by atoms with Crippen LogP contribution in [0.2, 0.25) is 0 Å². The Morgan fingerprint density at radius 1 is 1.23 bits per heavy atom. The average Bonchev–Trinajstić information content (AvgIpc) is 3.10. The van der Waals surface area contributed by atoms with Gasteiger partial charge in [-0.1, -0.05) is 30.3 Å². The highest BCUT2D eigenvalue weighted by Crippen LogP contribution is 2.37. The van der Waals surface area contributed by atoms with Crippen LogP contribution in [0.4, 0.5) is 0 Å². The highest BCUT2D eigenvalue weighted by atomic mass is 32.1. The number of hydrogen-bond donors (Lipinski definition) is 1. The molecule has 0 bridgehead atoms. The number of nitrogens with zero attached hydrogens (tertiary/aromatic N) is 1. The van der Waals surface area contributed by atoms with Crippen LogP contribution in [0.5, 0.6) is 0 Å². The summed E-state index contributed by atoms with van der Waals surface area (Å²) in [4.78, 5) is 26.4. The molecule has 0 aliphatic carbocycles. The molecule has 1 aromatic carbocycles. The summed E-state index contributed by atoms with van der Waals surface area (Å²) in [6, 6.07) is 9.91. The van der Waals surface area contributed by atoms with Crippen LogP contribution in [0.1, 0.15) is 35.5 Å². The quantitative estimate of drug-likeness (QED) is 0.695. The van der Waals surface area contributed by atoms with Crippen LogP contribution < -0.4 is 5.32 Å². The zero-order chi connectivity index (χ0) is 18.8. The molecule has 0 saturated carbocycles. The number of amides is 1. The number of aromatic nitrogens is 1. The highest BCUT2D eigenvalue weighted by molar-refractivity contribution is 7.21. The van der Waals surface area contributed by atoms with Gasteiger partial charge in [-0.15, -0.1) is 11.3 Å². The van der Waals surface area contributed by atoms with Crippen molar-refractivity contribution in [3.63, 3.8) is 0 Å². The highest BCUT2D eigenvalue weighted by Gasteiger charge is 2.24. The summed E-state index contributed by atoms with van der Waals surface area (Å²) < 4.78 is 7.37. The predicted molar refractivity (Wildman–Crippen MR) is 104 cm³/mol. The Kier molecular flexibility index (Phi) is 5.13. The largest absolute Gasteiger partial charge is 0.459 e. The fourth-order valence-corrected chi connectivity index (χ4v) is 4.26. The molecule has 3 rings (SSSR count). The molecule has 0 atom stereocenters. The lowest BCUT2D eigenvalue weighted by atomic mass is 10.1. The van der Waals surface area contributed by atoms with Crippen LogP contribution in [0.25, 0.3) is 15.3 Å². The van der Waals surface area contributed by atoms with Crippen LogP contribution in [-0.2, 0) is 16.0 Å². The molecule has 3 aromatic rings. The molecular weight excluding hydrogens is 348 g/mol. The van der Waals surface area contributed by atoms with Gasteiger partial charge in [-0.05, 0) is 31.9 Å². The Balaban J connectivity index is 2.20. The summed E-state index contributed by atoms with van der Waals surface area (Å²) in [5, 5.41) is 2.68. The number of carbonyl (C=O) groups is 2. The molecule has 2 heterocycles. The number of rotatable bonds is 5. The summed E-state index contributed by atoms with van der Waals surface area (Å²) in [6.45, 7) is 5.56. The van der Waals surface area contributed by atoms with E-state index in [1.165, 1.54) is 11.3 Å². The van der Waals surface area contributed by atoms with Crippen LogP contribution in [0.3, 0.4) is 0 Å². The van der Waals surface area contributed by atoms with E-state index in [4.69, 9.17) is 4.74 Å². The number of thiazole rings is 1. The normalized spacial score (nSPS) is 11.1. The van der Waals surface area contributed by atoms with Crippen LogP contribution in [-0.4, -0.2) is 29.4 Å². The Morgan fingerprint density at radius 3 is 2.54 bits per heavy atom. The molecule has 0 spiro atoms. The zero-order valence-corrected chi connectivity index (χ0v) is 16.1. The van der Waals surface area contributed by atoms with Crippen molar-refractivity contribution in [2.24, 2.45) is 0 Å². The van der Waals surface area contributed by atoms with Crippen molar-refractivity contribution in [3.05, 3.63) is 53.3 Å². The minimum absolute atomic E-state index is 0.0699. The number of likely N-dealkylation sites (N-methyl/N-ethyl adjacent to an activating group) is 1. The maximum Gasteiger partial charge on any atom is 0.341 e. The van der Waals surface area contributed by atoms with Gasteiger partial charge in [-0.25, -0.2) is 4.79 Å². The molecule has 1 N–H and O–H groups in total. The second-order valence-electron chi connectivity index (χ2n) is 6.41. The van der Waals surface area contributed by atoms with Crippen LogP contribution in [0.15, 0.2) is 36.5 Å². The first-order valence-electron chi connectivity index (χ1n) is 8.52. The molecule has 0 radical (unpaired) electrons. The van der Waals surface area contributed by atoms with E-state index in [2.05, 4.69) is 5.32 Å². The molecule has 26 heavy (non-hydrogen) atoms. The van der Waals surface area contributed by atoms with Crippen molar-refractivity contribution in [1.29, 1.82) is 0 Å². The standard InChI is InChI=1S/C20H22N2O3S/c1-12(2)25-20(24)17-13(3)11-22-15(10-16(23)21-4)18(26-19(17)22)14-8-6-5-7-9-14/h5-9,11-12H,10H2,1-4H3,(H,21,23). The molecule has 2 aromatic heterocycles. The summed E-state index contributed by atoms with van der Waals surface area (Å²) in [7, 11) is 1.63. The lowest BCUT2D eigenvalue weighted by Gasteiger charge is -2.07. The minimum Gasteiger partial charge on any atom is -0.459 e. The predicted octanol–water partition coefficient (Wildman–Crippen LogP) is 3.83. The molecule has 0 fully saturated rings. The third-order valence-corrected chi connectivity index (χ3v) is 5.36. The molecule has 5 nitrogen and oxygen atoms in total. The second kappa shape index (κ2) is 7.33. The Bertz CT molecular complexity index is 955. The fourth-order valence-electron chi connectivity index (χ4n) is 2.91. The molecular formula is C20H22N2O3S.